The van der Waals surface area contributed by atoms with Crippen molar-refractivity contribution >= 4 is 17.5 Å². The molecule has 2 heterocycles. The molecule has 0 aliphatic carbocycles. The second kappa shape index (κ2) is 10.5. The number of amides is 1. The summed E-state index contributed by atoms with van der Waals surface area (Å²) in [6.07, 6.45) is 3.69. The molecule has 0 radical (unpaired) electrons. The van der Waals surface area contributed by atoms with E-state index in [0.29, 0.717) is 16.6 Å². The van der Waals surface area contributed by atoms with Crippen LogP contribution < -0.4 is 0 Å². The standard InChI is InChI=1S/C27H30ClN3O2/c1-30(2)26(20-6-9-24(28)10-7-20)27(33)31-14-12-19(13-15-31)21-4-3-5-22(16-21)23-8-11-25(18-32)29-17-23/h3-11,16-17,19,26,32H,12-15,18H2,1-2H3/t26-/m0/s1. The van der Waals surface area contributed by atoms with Crippen molar-refractivity contribution in [2.75, 3.05) is 27.2 Å². The zero-order valence-electron chi connectivity index (χ0n) is 19.1. The minimum absolute atomic E-state index is 0.0513. The molecule has 4 rings (SSSR count). The van der Waals surface area contributed by atoms with Gasteiger partial charge in [-0.05, 0) is 67.7 Å². The summed E-state index contributed by atoms with van der Waals surface area (Å²) in [6.45, 7) is 1.45. The van der Waals surface area contributed by atoms with Crippen LogP contribution in [0.15, 0.2) is 66.9 Å². The SMILES string of the molecule is CN(C)[C@H](C(=O)N1CCC(c2cccc(-c3ccc(CO)nc3)c2)CC1)c1ccc(Cl)cc1. The van der Waals surface area contributed by atoms with Crippen molar-refractivity contribution in [2.24, 2.45) is 0 Å². The van der Waals surface area contributed by atoms with E-state index in [1.165, 1.54) is 5.56 Å². The van der Waals surface area contributed by atoms with E-state index in [-0.39, 0.29) is 18.6 Å². The van der Waals surface area contributed by atoms with Crippen LogP contribution >= 0.6 is 11.6 Å². The fourth-order valence-electron chi connectivity index (χ4n) is 4.57. The predicted octanol–water partition coefficient (Wildman–Crippen LogP) is 4.90. The van der Waals surface area contributed by atoms with Gasteiger partial charge in [-0.1, -0.05) is 54.1 Å². The van der Waals surface area contributed by atoms with Gasteiger partial charge in [0.15, 0.2) is 0 Å². The summed E-state index contributed by atoms with van der Waals surface area (Å²) in [4.78, 5) is 21.7. The Morgan fingerprint density at radius 2 is 1.82 bits per heavy atom. The van der Waals surface area contributed by atoms with Gasteiger partial charge in [0.2, 0.25) is 5.91 Å². The highest BCUT2D eigenvalue weighted by Crippen LogP contribution is 2.32. The smallest absolute Gasteiger partial charge is 0.244 e. The van der Waals surface area contributed by atoms with Crippen LogP contribution in [0.5, 0.6) is 0 Å². The highest BCUT2D eigenvalue weighted by Gasteiger charge is 2.31. The van der Waals surface area contributed by atoms with Crippen LogP contribution in [-0.2, 0) is 11.4 Å². The Labute approximate surface area is 200 Å². The Morgan fingerprint density at radius 1 is 1.09 bits per heavy atom. The van der Waals surface area contributed by atoms with Gasteiger partial charge < -0.3 is 10.0 Å². The number of rotatable bonds is 6. The van der Waals surface area contributed by atoms with Crippen LogP contribution in [0.1, 0.15) is 41.6 Å². The lowest BCUT2D eigenvalue weighted by Gasteiger charge is -2.36. The summed E-state index contributed by atoms with van der Waals surface area (Å²) in [5.41, 5.74) is 5.09. The van der Waals surface area contributed by atoms with Crippen LogP contribution in [0, 0.1) is 0 Å². The highest BCUT2D eigenvalue weighted by atomic mass is 35.5. The molecule has 1 fully saturated rings. The van der Waals surface area contributed by atoms with E-state index in [1.807, 2.05) is 66.5 Å². The lowest BCUT2D eigenvalue weighted by Crippen LogP contribution is -2.44. The number of nitrogens with zero attached hydrogens (tertiary/aromatic N) is 3. The van der Waals surface area contributed by atoms with Crippen molar-refractivity contribution in [3.05, 3.63) is 88.7 Å². The van der Waals surface area contributed by atoms with E-state index in [9.17, 15) is 9.90 Å². The van der Waals surface area contributed by atoms with Crippen LogP contribution in [0.3, 0.4) is 0 Å². The summed E-state index contributed by atoms with van der Waals surface area (Å²) < 4.78 is 0. The third kappa shape index (κ3) is 5.44. The molecular formula is C27H30ClN3O2. The molecule has 1 aromatic heterocycles. The van der Waals surface area contributed by atoms with Crippen LogP contribution in [-0.4, -0.2) is 53.0 Å². The number of aliphatic hydroxyl groups is 1. The number of piperidine rings is 1. The fraction of sp³-hybridized carbons (Fsp3) is 0.333. The van der Waals surface area contributed by atoms with Crippen LogP contribution in [0.4, 0.5) is 0 Å². The second-order valence-corrected chi connectivity index (χ2v) is 9.28. The number of carbonyl (C=O) groups is 1. The minimum Gasteiger partial charge on any atom is -0.390 e. The molecule has 1 aliphatic rings. The van der Waals surface area contributed by atoms with Gasteiger partial charge in [-0.2, -0.15) is 0 Å². The molecule has 1 aliphatic heterocycles. The number of carbonyl (C=O) groups excluding carboxylic acids is 1. The van der Waals surface area contributed by atoms with Gasteiger partial charge in [0.1, 0.15) is 6.04 Å². The number of aliphatic hydroxyl groups excluding tert-OH is 1. The molecule has 1 atom stereocenters. The Hall–Kier alpha value is -2.73. The number of hydrogen-bond donors (Lipinski definition) is 1. The average Bonchev–Trinajstić information content (AvgIpc) is 2.85. The molecule has 6 heteroatoms. The zero-order valence-corrected chi connectivity index (χ0v) is 19.9. The Bertz CT molecular complexity index is 1080. The van der Waals surface area contributed by atoms with E-state index in [0.717, 1.165) is 42.6 Å². The van der Waals surface area contributed by atoms with Crippen molar-refractivity contribution in [1.82, 2.24) is 14.8 Å². The first-order chi connectivity index (χ1) is 16.0. The van der Waals surface area contributed by atoms with Gasteiger partial charge in [0.25, 0.3) is 0 Å². The number of benzene rings is 2. The van der Waals surface area contributed by atoms with Crippen molar-refractivity contribution in [3.63, 3.8) is 0 Å². The fourth-order valence-corrected chi connectivity index (χ4v) is 4.70. The summed E-state index contributed by atoms with van der Waals surface area (Å²) in [7, 11) is 3.88. The molecule has 33 heavy (non-hydrogen) atoms. The van der Waals surface area contributed by atoms with Crippen molar-refractivity contribution in [2.45, 2.75) is 31.4 Å². The number of halogens is 1. The Kier molecular flexibility index (Phi) is 7.43. The highest BCUT2D eigenvalue weighted by molar-refractivity contribution is 6.30. The molecule has 172 valence electrons. The maximum atomic E-state index is 13.4. The number of hydrogen-bond acceptors (Lipinski definition) is 4. The van der Waals surface area contributed by atoms with Gasteiger partial charge in [-0.3, -0.25) is 14.7 Å². The molecule has 1 amide bonds. The monoisotopic (exact) mass is 463 g/mol. The number of pyridine rings is 1. The molecule has 0 bridgehead atoms. The summed E-state index contributed by atoms with van der Waals surface area (Å²) >= 11 is 6.04. The van der Waals surface area contributed by atoms with Crippen molar-refractivity contribution < 1.29 is 9.90 Å². The maximum Gasteiger partial charge on any atom is 0.244 e. The molecule has 5 nitrogen and oxygen atoms in total. The lowest BCUT2D eigenvalue weighted by atomic mass is 9.87. The van der Waals surface area contributed by atoms with Gasteiger partial charge >= 0.3 is 0 Å². The van der Waals surface area contributed by atoms with Gasteiger partial charge in [-0.25, -0.2) is 0 Å². The second-order valence-electron chi connectivity index (χ2n) is 8.84. The third-order valence-corrected chi connectivity index (χ3v) is 6.67. The van der Waals surface area contributed by atoms with E-state index >= 15 is 0 Å². The zero-order chi connectivity index (χ0) is 23.4. The number of likely N-dealkylation sites (N-methyl/N-ethyl adjacent to an activating group) is 1. The number of aromatic nitrogens is 1. The molecule has 3 aromatic rings. The van der Waals surface area contributed by atoms with Gasteiger partial charge in [0, 0.05) is 29.9 Å². The summed E-state index contributed by atoms with van der Waals surface area (Å²) in [5, 5.41) is 9.89. The first-order valence-electron chi connectivity index (χ1n) is 11.3. The average molecular weight is 464 g/mol. The minimum atomic E-state index is -0.309. The van der Waals surface area contributed by atoms with Crippen molar-refractivity contribution in [3.8, 4) is 11.1 Å². The molecule has 0 spiro atoms. The van der Waals surface area contributed by atoms with Gasteiger partial charge in [-0.15, -0.1) is 0 Å². The van der Waals surface area contributed by atoms with Crippen molar-refractivity contribution in [1.29, 1.82) is 0 Å². The molecule has 0 unspecified atom stereocenters. The Balaban J connectivity index is 1.44. The van der Waals surface area contributed by atoms with Crippen LogP contribution in [0.2, 0.25) is 5.02 Å². The van der Waals surface area contributed by atoms with Crippen LogP contribution in [0.25, 0.3) is 11.1 Å². The van der Waals surface area contributed by atoms with E-state index < -0.39 is 0 Å². The Morgan fingerprint density at radius 3 is 2.42 bits per heavy atom. The maximum absolute atomic E-state index is 13.4. The molecule has 0 saturated carbocycles. The van der Waals surface area contributed by atoms with Gasteiger partial charge in [0.05, 0.1) is 12.3 Å². The molecule has 2 aromatic carbocycles. The largest absolute Gasteiger partial charge is 0.390 e. The first-order valence-corrected chi connectivity index (χ1v) is 11.7. The third-order valence-electron chi connectivity index (χ3n) is 6.42. The van der Waals surface area contributed by atoms with E-state index in [4.69, 9.17) is 11.6 Å². The van der Waals surface area contributed by atoms with E-state index in [1.54, 1.807) is 0 Å². The number of likely N-dealkylation sites (tertiary alicyclic amines) is 1. The lowest BCUT2D eigenvalue weighted by molar-refractivity contribution is -0.137. The topological polar surface area (TPSA) is 56.7 Å². The molecular weight excluding hydrogens is 434 g/mol. The first kappa shape index (κ1) is 23.4. The molecule has 1 N–H and O–H groups in total. The molecule has 1 saturated heterocycles. The summed E-state index contributed by atoms with van der Waals surface area (Å²) in [6, 6.07) is 19.7. The normalized spacial score (nSPS) is 15.6. The summed E-state index contributed by atoms with van der Waals surface area (Å²) in [5.74, 6) is 0.566. The van der Waals surface area contributed by atoms with E-state index in [2.05, 4.69) is 29.2 Å². The predicted molar refractivity (Wildman–Crippen MR) is 132 cm³/mol. The quantitative estimate of drug-likeness (QED) is 0.564.